The highest BCUT2D eigenvalue weighted by Crippen LogP contribution is 2.34. The minimum atomic E-state index is -0.493. The van der Waals surface area contributed by atoms with Crippen LogP contribution in [0.2, 0.25) is 0 Å². The summed E-state index contributed by atoms with van der Waals surface area (Å²) in [5.41, 5.74) is 3.65. The number of aryl methyl sites for hydroxylation is 1. The van der Waals surface area contributed by atoms with Gasteiger partial charge in [0.25, 0.3) is 0 Å². The van der Waals surface area contributed by atoms with E-state index < -0.39 is 5.60 Å². The minimum absolute atomic E-state index is 0.132. The summed E-state index contributed by atoms with van der Waals surface area (Å²) in [7, 11) is 3.49. The largest absolute Gasteiger partial charge is 0.467 e. The number of benzene rings is 1. The van der Waals surface area contributed by atoms with Crippen LogP contribution in [0.5, 0.6) is 5.75 Å². The fourth-order valence-electron chi connectivity index (χ4n) is 4.52. The summed E-state index contributed by atoms with van der Waals surface area (Å²) in [6, 6.07) is 8.10. The molecule has 1 amide bonds. The van der Waals surface area contributed by atoms with Crippen molar-refractivity contribution in [2.24, 2.45) is 7.05 Å². The van der Waals surface area contributed by atoms with Gasteiger partial charge < -0.3 is 19.1 Å². The molecule has 0 atom stereocenters. The molecule has 190 valence electrons. The van der Waals surface area contributed by atoms with E-state index >= 15 is 0 Å². The van der Waals surface area contributed by atoms with Crippen LogP contribution in [0, 0.1) is 0 Å². The van der Waals surface area contributed by atoms with Gasteiger partial charge in [0, 0.05) is 50.5 Å². The zero-order valence-corrected chi connectivity index (χ0v) is 21.4. The fourth-order valence-corrected chi connectivity index (χ4v) is 4.52. The van der Waals surface area contributed by atoms with E-state index in [2.05, 4.69) is 5.10 Å². The van der Waals surface area contributed by atoms with Crippen LogP contribution in [0.1, 0.15) is 39.7 Å². The number of ether oxygens (including phenoxy) is 3. The number of likely N-dealkylation sites (tertiary alicyclic amines) is 1. The molecule has 0 aliphatic carbocycles. The van der Waals surface area contributed by atoms with Crippen LogP contribution in [0.25, 0.3) is 33.2 Å². The first kappa shape index (κ1) is 24.1. The zero-order valence-electron chi connectivity index (χ0n) is 21.4. The Bertz CT molecular complexity index is 1390. The molecule has 1 aliphatic rings. The molecule has 1 aromatic carbocycles. The van der Waals surface area contributed by atoms with E-state index in [0.717, 1.165) is 46.0 Å². The number of methoxy groups -OCH3 is 1. The summed E-state index contributed by atoms with van der Waals surface area (Å²) in [6.07, 6.45) is 5.33. The van der Waals surface area contributed by atoms with Crippen LogP contribution >= 0.6 is 0 Å². The summed E-state index contributed by atoms with van der Waals surface area (Å²) in [5, 5.41) is 10.3. The average Bonchev–Trinajstić information content (AvgIpc) is 3.42. The Morgan fingerprint density at radius 2 is 1.83 bits per heavy atom. The van der Waals surface area contributed by atoms with Gasteiger partial charge in [-0.1, -0.05) is 0 Å². The second kappa shape index (κ2) is 9.42. The average molecular weight is 493 g/mol. The SMILES string of the molecule is COCOc1cc2nn(C)cc2cc1-c1ccc2nn(C3CCN(C(=O)OC(C)(C)C)CC3)cc2n1. The highest BCUT2D eigenvalue weighted by Gasteiger charge is 2.28. The molecule has 0 saturated carbocycles. The van der Waals surface area contributed by atoms with Crippen LogP contribution in [-0.4, -0.2) is 68.1 Å². The van der Waals surface area contributed by atoms with Crippen LogP contribution < -0.4 is 4.74 Å². The van der Waals surface area contributed by atoms with Crippen molar-refractivity contribution in [1.29, 1.82) is 0 Å². The van der Waals surface area contributed by atoms with E-state index in [4.69, 9.17) is 24.3 Å². The molecule has 4 heterocycles. The van der Waals surface area contributed by atoms with Crippen molar-refractivity contribution in [1.82, 2.24) is 29.4 Å². The number of amides is 1. The molecule has 0 bridgehead atoms. The molecule has 10 heteroatoms. The van der Waals surface area contributed by atoms with Gasteiger partial charge in [-0.05, 0) is 51.8 Å². The molecule has 0 radical (unpaired) electrons. The molecule has 4 aromatic rings. The molecule has 1 aliphatic heterocycles. The van der Waals surface area contributed by atoms with Crippen molar-refractivity contribution in [3.05, 3.63) is 36.7 Å². The summed E-state index contributed by atoms with van der Waals surface area (Å²) >= 11 is 0. The maximum absolute atomic E-state index is 12.4. The van der Waals surface area contributed by atoms with E-state index in [-0.39, 0.29) is 18.9 Å². The second-order valence-electron chi connectivity index (χ2n) is 10.2. The van der Waals surface area contributed by atoms with Gasteiger partial charge >= 0.3 is 6.09 Å². The van der Waals surface area contributed by atoms with Crippen molar-refractivity contribution in [3.63, 3.8) is 0 Å². The number of carbonyl (C=O) groups excluding carboxylic acids is 1. The van der Waals surface area contributed by atoms with Gasteiger partial charge in [-0.25, -0.2) is 9.78 Å². The van der Waals surface area contributed by atoms with Gasteiger partial charge in [0.05, 0.1) is 23.4 Å². The number of rotatable bonds is 5. The Balaban J connectivity index is 1.38. The smallest absolute Gasteiger partial charge is 0.410 e. The molecule has 1 fully saturated rings. The van der Waals surface area contributed by atoms with Crippen LogP contribution in [0.15, 0.2) is 36.7 Å². The highest BCUT2D eigenvalue weighted by molar-refractivity contribution is 5.88. The maximum atomic E-state index is 12.4. The summed E-state index contributed by atoms with van der Waals surface area (Å²) in [6.45, 7) is 7.06. The predicted octanol–water partition coefficient (Wildman–Crippen LogP) is 4.54. The lowest BCUT2D eigenvalue weighted by Crippen LogP contribution is -2.42. The third-order valence-corrected chi connectivity index (χ3v) is 6.20. The van der Waals surface area contributed by atoms with Gasteiger partial charge in [-0.15, -0.1) is 0 Å². The summed E-state index contributed by atoms with van der Waals surface area (Å²) in [4.78, 5) is 19.1. The lowest BCUT2D eigenvalue weighted by atomic mass is 10.1. The van der Waals surface area contributed by atoms with E-state index in [1.54, 1.807) is 16.7 Å². The number of aromatic nitrogens is 5. The van der Waals surface area contributed by atoms with Crippen molar-refractivity contribution >= 4 is 28.0 Å². The van der Waals surface area contributed by atoms with E-state index in [1.807, 2.05) is 69.2 Å². The molecule has 0 unspecified atom stereocenters. The standard InChI is InChI=1S/C26H32N6O4/c1-26(2,3)36-25(33)31-10-8-18(9-11-31)32-15-23-21(29-32)7-6-20(27-23)19-12-17-14-30(4)28-22(17)13-24(19)35-16-34-5/h6-7,12-15,18H,8-11,16H2,1-5H3. The number of carbonyl (C=O) groups is 1. The number of nitrogens with zero attached hydrogens (tertiary/aromatic N) is 6. The molecular formula is C26H32N6O4. The molecule has 1 saturated heterocycles. The monoisotopic (exact) mass is 492 g/mol. The summed E-state index contributed by atoms with van der Waals surface area (Å²) in [5.74, 6) is 0.664. The Morgan fingerprint density at radius 3 is 2.56 bits per heavy atom. The second-order valence-corrected chi connectivity index (χ2v) is 10.2. The first-order valence-corrected chi connectivity index (χ1v) is 12.1. The molecule has 0 spiro atoms. The molecule has 36 heavy (non-hydrogen) atoms. The van der Waals surface area contributed by atoms with Gasteiger partial charge in [0.2, 0.25) is 0 Å². The predicted molar refractivity (Wildman–Crippen MR) is 136 cm³/mol. The van der Waals surface area contributed by atoms with Gasteiger partial charge in [-0.2, -0.15) is 10.2 Å². The van der Waals surface area contributed by atoms with Gasteiger partial charge in [0.1, 0.15) is 22.4 Å². The van der Waals surface area contributed by atoms with Crippen LogP contribution in [0.3, 0.4) is 0 Å². The van der Waals surface area contributed by atoms with Crippen molar-refractivity contribution in [2.45, 2.75) is 45.3 Å². The first-order chi connectivity index (χ1) is 17.2. The van der Waals surface area contributed by atoms with Crippen LogP contribution in [-0.2, 0) is 16.5 Å². The lowest BCUT2D eigenvalue weighted by Gasteiger charge is -2.33. The highest BCUT2D eigenvalue weighted by atomic mass is 16.7. The Morgan fingerprint density at radius 1 is 1.06 bits per heavy atom. The number of hydrogen-bond donors (Lipinski definition) is 0. The normalized spacial score (nSPS) is 15.1. The van der Waals surface area contributed by atoms with Gasteiger partial charge in [-0.3, -0.25) is 9.36 Å². The number of pyridine rings is 1. The summed E-state index contributed by atoms with van der Waals surface area (Å²) < 4.78 is 20.3. The number of hydrogen-bond acceptors (Lipinski definition) is 7. The van der Waals surface area contributed by atoms with Crippen molar-refractivity contribution in [2.75, 3.05) is 27.0 Å². The molecule has 5 rings (SSSR count). The Hall–Kier alpha value is -3.66. The van der Waals surface area contributed by atoms with E-state index in [0.29, 0.717) is 18.8 Å². The minimum Gasteiger partial charge on any atom is -0.467 e. The van der Waals surface area contributed by atoms with Crippen LogP contribution in [0.4, 0.5) is 4.79 Å². The third kappa shape index (κ3) is 4.99. The number of piperidine rings is 1. The van der Waals surface area contributed by atoms with Gasteiger partial charge in [0.15, 0.2) is 6.79 Å². The topological polar surface area (TPSA) is 96.5 Å². The third-order valence-electron chi connectivity index (χ3n) is 6.20. The fraction of sp³-hybridized carbons (Fsp3) is 0.462. The molecular weight excluding hydrogens is 460 g/mol. The number of fused-ring (bicyclic) bond motifs is 2. The molecule has 10 nitrogen and oxygen atoms in total. The van der Waals surface area contributed by atoms with Crippen molar-refractivity contribution < 1.29 is 19.0 Å². The maximum Gasteiger partial charge on any atom is 0.410 e. The Kier molecular flexibility index (Phi) is 6.29. The van der Waals surface area contributed by atoms with E-state index in [1.165, 1.54) is 0 Å². The first-order valence-electron chi connectivity index (χ1n) is 12.1. The molecule has 3 aromatic heterocycles. The Labute approximate surface area is 209 Å². The van der Waals surface area contributed by atoms with E-state index in [9.17, 15) is 4.79 Å². The lowest BCUT2D eigenvalue weighted by molar-refractivity contribution is 0.0185. The molecule has 0 N–H and O–H groups in total. The quantitative estimate of drug-likeness (QED) is 0.377. The van der Waals surface area contributed by atoms with Crippen molar-refractivity contribution in [3.8, 4) is 17.0 Å². The zero-order chi connectivity index (χ0) is 25.4.